The van der Waals surface area contributed by atoms with E-state index in [-0.39, 0.29) is 6.42 Å². The summed E-state index contributed by atoms with van der Waals surface area (Å²) < 4.78 is 30.8. The van der Waals surface area contributed by atoms with Crippen LogP contribution in [0.3, 0.4) is 0 Å². The van der Waals surface area contributed by atoms with Crippen LogP contribution in [0.2, 0.25) is 0 Å². The maximum atomic E-state index is 12.7. The molecule has 2 nitrogen and oxygen atoms in total. The molecule has 0 radical (unpaired) electrons. The van der Waals surface area contributed by atoms with Gasteiger partial charge in [0.1, 0.15) is 5.75 Å². The molecule has 0 aliphatic heterocycles. The molecule has 1 aromatic carbocycles. The first-order chi connectivity index (χ1) is 8.60. The first-order valence-electron chi connectivity index (χ1n) is 6.29. The third-order valence-electron chi connectivity index (χ3n) is 2.90. The number of ether oxygens (including phenoxy) is 1. The van der Waals surface area contributed by atoms with Crippen molar-refractivity contribution in [3.63, 3.8) is 0 Å². The lowest BCUT2D eigenvalue weighted by atomic mass is 9.94. The number of benzene rings is 1. The standard InChI is InChI=1S/C14H20F2O2/c1-3-9-18-11-7-5-10(6-8-11)13(17)12(4-2)14(15)16/h5-8,12-14,17H,3-4,9H2,1-2H3. The van der Waals surface area contributed by atoms with E-state index in [9.17, 15) is 13.9 Å². The van der Waals surface area contributed by atoms with Crippen molar-refractivity contribution in [1.82, 2.24) is 0 Å². The lowest BCUT2D eigenvalue weighted by molar-refractivity contribution is -0.0110. The average molecular weight is 258 g/mol. The van der Waals surface area contributed by atoms with Crippen molar-refractivity contribution >= 4 is 0 Å². The third-order valence-corrected chi connectivity index (χ3v) is 2.90. The quantitative estimate of drug-likeness (QED) is 0.806. The zero-order valence-corrected chi connectivity index (χ0v) is 10.8. The topological polar surface area (TPSA) is 29.5 Å². The second kappa shape index (κ2) is 7.31. The van der Waals surface area contributed by atoms with E-state index in [1.165, 1.54) is 0 Å². The highest BCUT2D eigenvalue weighted by Crippen LogP contribution is 2.30. The lowest BCUT2D eigenvalue weighted by Crippen LogP contribution is -2.19. The van der Waals surface area contributed by atoms with E-state index >= 15 is 0 Å². The van der Waals surface area contributed by atoms with Gasteiger partial charge in [-0.25, -0.2) is 8.78 Å². The molecule has 4 heteroatoms. The number of halogens is 2. The number of aliphatic hydroxyl groups excluding tert-OH is 1. The van der Waals surface area contributed by atoms with Crippen LogP contribution in [0.5, 0.6) is 5.75 Å². The van der Waals surface area contributed by atoms with Gasteiger partial charge in [0.25, 0.3) is 0 Å². The molecule has 18 heavy (non-hydrogen) atoms. The molecule has 1 aromatic rings. The Morgan fingerprint density at radius 3 is 2.22 bits per heavy atom. The van der Waals surface area contributed by atoms with Crippen molar-refractivity contribution in [1.29, 1.82) is 0 Å². The van der Waals surface area contributed by atoms with Gasteiger partial charge in [-0.05, 0) is 30.5 Å². The molecule has 2 unspecified atom stereocenters. The van der Waals surface area contributed by atoms with Crippen molar-refractivity contribution in [2.75, 3.05) is 6.61 Å². The number of rotatable bonds is 7. The van der Waals surface area contributed by atoms with Crippen LogP contribution in [0.1, 0.15) is 38.4 Å². The van der Waals surface area contributed by atoms with Gasteiger partial charge in [0.2, 0.25) is 6.43 Å². The molecule has 0 amide bonds. The van der Waals surface area contributed by atoms with Gasteiger partial charge >= 0.3 is 0 Å². The van der Waals surface area contributed by atoms with Crippen molar-refractivity contribution in [3.05, 3.63) is 29.8 Å². The summed E-state index contributed by atoms with van der Waals surface area (Å²) in [4.78, 5) is 0. The maximum absolute atomic E-state index is 12.7. The van der Waals surface area contributed by atoms with Gasteiger partial charge in [0.05, 0.1) is 12.7 Å². The van der Waals surface area contributed by atoms with Crippen LogP contribution in [0.4, 0.5) is 8.78 Å². The molecule has 2 atom stereocenters. The molecule has 0 fully saturated rings. The number of hydrogen-bond acceptors (Lipinski definition) is 2. The summed E-state index contributed by atoms with van der Waals surface area (Å²) in [5.41, 5.74) is 0.506. The van der Waals surface area contributed by atoms with E-state index < -0.39 is 18.4 Å². The Morgan fingerprint density at radius 1 is 1.17 bits per heavy atom. The van der Waals surface area contributed by atoms with Crippen molar-refractivity contribution in [2.24, 2.45) is 5.92 Å². The Hall–Kier alpha value is -1.16. The summed E-state index contributed by atoms with van der Waals surface area (Å²) in [5, 5.41) is 9.90. The first kappa shape index (κ1) is 14.9. The molecule has 0 heterocycles. The molecule has 0 saturated carbocycles. The first-order valence-corrected chi connectivity index (χ1v) is 6.29. The van der Waals surface area contributed by atoms with E-state index in [1.54, 1.807) is 31.2 Å². The zero-order valence-electron chi connectivity index (χ0n) is 10.8. The molecule has 0 spiro atoms. The van der Waals surface area contributed by atoms with Crippen LogP contribution in [-0.2, 0) is 0 Å². The SMILES string of the molecule is CCCOc1ccc(C(O)C(CC)C(F)F)cc1. The van der Waals surface area contributed by atoms with Gasteiger partial charge in [-0.2, -0.15) is 0 Å². The highest BCUT2D eigenvalue weighted by molar-refractivity contribution is 5.28. The Bertz CT molecular complexity index is 338. The molecule has 0 bridgehead atoms. The molecular weight excluding hydrogens is 238 g/mol. The summed E-state index contributed by atoms with van der Waals surface area (Å²) in [5.74, 6) is -0.328. The molecule has 0 saturated heterocycles. The second-order valence-corrected chi connectivity index (χ2v) is 4.27. The highest BCUT2D eigenvalue weighted by Gasteiger charge is 2.27. The van der Waals surface area contributed by atoms with Crippen LogP contribution < -0.4 is 4.74 Å². The Morgan fingerprint density at radius 2 is 1.78 bits per heavy atom. The summed E-state index contributed by atoms with van der Waals surface area (Å²) >= 11 is 0. The minimum Gasteiger partial charge on any atom is -0.494 e. The van der Waals surface area contributed by atoms with Crippen LogP contribution >= 0.6 is 0 Å². The van der Waals surface area contributed by atoms with E-state index in [2.05, 4.69) is 0 Å². The van der Waals surface area contributed by atoms with Crippen LogP contribution in [0.25, 0.3) is 0 Å². The third kappa shape index (κ3) is 3.95. The number of alkyl halides is 2. The van der Waals surface area contributed by atoms with Crippen LogP contribution in [0, 0.1) is 5.92 Å². The van der Waals surface area contributed by atoms with Crippen molar-refractivity contribution in [3.8, 4) is 5.75 Å². The number of aliphatic hydroxyl groups is 1. The van der Waals surface area contributed by atoms with Crippen LogP contribution in [0.15, 0.2) is 24.3 Å². The Balaban J connectivity index is 2.71. The lowest BCUT2D eigenvalue weighted by Gasteiger charge is -2.21. The summed E-state index contributed by atoms with van der Waals surface area (Å²) in [7, 11) is 0. The van der Waals surface area contributed by atoms with E-state index in [1.807, 2.05) is 6.92 Å². The predicted octanol–water partition coefficient (Wildman–Crippen LogP) is 3.80. The predicted molar refractivity (Wildman–Crippen MR) is 67.0 cm³/mol. The molecule has 102 valence electrons. The van der Waals surface area contributed by atoms with E-state index in [4.69, 9.17) is 4.74 Å². The van der Waals surface area contributed by atoms with Gasteiger partial charge in [-0.1, -0.05) is 26.0 Å². The molecule has 0 aliphatic carbocycles. The smallest absolute Gasteiger partial charge is 0.244 e. The van der Waals surface area contributed by atoms with Gasteiger partial charge in [-0.15, -0.1) is 0 Å². The molecule has 1 rings (SSSR count). The van der Waals surface area contributed by atoms with Crippen molar-refractivity contribution < 1.29 is 18.6 Å². The summed E-state index contributed by atoms with van der Waals surface area (Å²) in [6, 6.07) is 6.68. The van der Waals surface area contributed by atoms with E-state index in [0.29, 0.717) is 17.9 Å². The van der Waals surface area contributed by atoms with Gasteiger partial charge in [0.15, 0.2) is 0 Å². The molecule has 0 aromatic heterocycles. The van der Waals surface area contributed by atoms with Crippen molar-refractivity contribution in [2.45, 2.75) is 39.2 Å². The Labute approximate surface area is 107 Å². The molecular formula is C14H20F2O2. The van der Waals surface area contributed by atoms with Gasteiger partial charge < -0.3 is 9.84 Å². The minimum atomic E-state index is -2.51. The normalized spacial score (nSPS) is 14.6. The summed E-state index contributed by atoms with van der Waals surface area (Å²) in [6.07, 6.45) is -2.49. The molecule has 1 N–H and O–H groups in total. The average Bonchev–Trinajstić information content (AvgIpc) is 2.37. The van der Waals surface area contributed by atoms with Gasteiger partial charge in [-0.3, -0.25) is 0 Å². The number of hydrogen-bond donors (Lipinski definition) is 1. The Kier molecular flexibility index (Phi) is 6.05. The fourth-order valence-corrected chi connectivity index (χ4v) is 1.77. The minimum absolute atomic E-state index is 0.243. The maximum Gasteiger partial charge on any atom is 0.244 e. The largest absolute Gasteiger partial charge is 0.494 e. The van der Waals surface area contributed by atoms with E-state index in [0.717, 1.165) is 6.42 Å². The second-order valence-electron chi connectivity index (χ2n) is 4.27. The zero-order chi connectivity index (χ0) is 13.5. The van der Waals surface area contributed by atoms with Gasteiger partial charge in [0, 0.05) is 5.92 Å². The monoisotopic (exact) mass is 258 g/mol. The fraction of sp³-hybridized carbons (Fsp3) is 0.571. The van der Waals surface area contributed by atoms with Crippen LogP contribution in [-0.4, -0.2) is 18.1 Å². The fourth-order valence-electron chi connectivity index (χ4n) is 1.77. The summed E-state index contributed by atoms with van der Waals surface area (Å²) in [6.45, 7) is 4.28. The molecule has 0 aliphatic rings. The highest BCUT2D eigenvalue weighted by atomic mass is 19.3.